The Labute approximate surface area is 101 Å². The first kappa shape index (κ1) is 11.7. The van der Waals surface area contributed by atoms with Crippen molar-refractivity contribution in [3.63, 3.8) is 0 Å². The molecule has 0 aliphatic carbocycles. The molecule has 0 atom stereocenters. The van der Waals surface area contributed by atoms with E-state index in [1.54, 1.807) is 25.3 Å². The summed E-state index contributed by atoms with van der Waals surface area (Å²) < 4.78 is 5.74. The number of nitrogen functional groups attached to an aromatic ring is 1. The average molecular weight is 235 g/mol. The molecule has 1 aromatic rings. The molecule has 5 heteroatoms. The summed E-state index contributed by atoms with van der Waals surface area (Å²) in [6.45, 7) is 3.10. The quantitative estimate of drug-likeness (QED) is 0.832. The third-order valence-electron chi connectivity index (χ3n) is 2.93. The molecule has 0 spiro atoms. The van der Waals surface area contributed by atoms with Gasteiger partial charge in [0, 0.05) is 50.8 Å². The highest BCUT2D eigenvalue weighted by Gasteiger charge is 2.22. The van der Waals surface area contributed by atoms with Crippen molar-refractivity contribution in [3.05, 3.63) is 18.3 Å². The van der Waals surface area contributed by atoms with Gasteiger partial charge in [0.1, 0.15) is 6.10 Å². The van der Waals surface area contributed by atoms with E-state index in [0.717, 1.165) is 25.9 Å². The van der Waals surface area contributed by atoms with E-state index >= 15 is 0 Å². The molecule has 2 rings (SSSR count). The van der Waals surface area contributed by atoms with Gasteiger partial charge in [-0.1, -0.05) is 0 Å². The minimum atomic E-state index is 0.125. The molecule has 1 fully saturated rings. The largest absolute Gasteiger partial charge is 0.474 e. The molecule has 17 heavy (non-hydrogen) atoms. The number of aromatic nitrogens is 1. The lowest BCUT2D eigenvalue weighted by molar-refractivity contribution is -0.130. The van der Waals surface area contributed by atoms with Crippen molar-refractivity contribution in [2.24, 2.45) is 0 Å². The Kier molecular flexibility index (Phi) is 3.46. The maximum Gasteiger partial charge on any atom is 0.219 e. The lowest BCUT2D eigenvalue weighted by Crippen LogP contribution is -2.40. The molecule has 2 heterocycles. The van der Waals surface area contributed by atoms with E-state index in [1.807, 2.05) is 4.90 Å². The Morgan fingerprint density at radius 1 is 1.53 bits per heavy atom. The summed E-state index contributed by atoms with van der Waals surface area (Å²) in [7, 11) is 0. The number of rotatable bonds is 2. The molecule has 2 N–H and O–H groups in total. The molecule has 1 saturated heterocycles. The number of likely N-dealkylation sites (tertiary alicyclic amines) is 1. The number of ether oxygens (including phenoxy) is 1. The first-order valence-corrected chi connectivity index (χ1v) is 5.79. The second-order valence-electron chi connectivity index (χ2n) is 4.25. The van der Waals surface area contributed by atoms with Gasteiger partial charge >= 0.3 is 0 Å². The van der Waals surface area contributed by atoms with Crippen LogP contribution in [0.5, 0.6) is 5.88 Å². The van der Waals surface area contributed by atoms with Crippen LogP contribution in [0, 0.1) is 0 Å². The molecule has 0 aromatic carbocycles. The molecule has 1 amide bonds. The highest BCUT2D eigenvalue weighted by Crippen LogP contribution is 2.18. The van der Waals surface area contributed by atoms with Crippen molar-refractivity contribution < 1.29 is 9.53 Å². The van der Waals surface area contributed by atoms with Crippen LogP contribution in [0.1, 0.15) is 19.8 Å². The van der Waals surface area contributed by atoms with E-state index in [4.69, 9.17) is 10.5 Å². The summed E-state index contributed by atoms with van der Waals surface area (Å²) in [4.78, 5) is 17.1. The van der Waals surface area contributed by atoms with Gasteiger partial charge in [-0.25, -0.2) is 4.98 Å². The van der Waals surface area contributed by atoms with Gasteiger partial charge in [0.2, 0.25) is 11.8 Å². The molecule has 1 aromatic heterocycles. The number of carbonyl (C=O) groups is 1. The third kappa shape index (κ3) is 3.09. The van der Waals surface area contributed by atoms with E-state index < -0.39 is 0 Å². The number of amides is 1. The summed E-state index contributed by atoms with van der Waals surface area (Å²) in [5.74, 6) is 0.691. The minimum absolute atomic E-state index is 0.125. The molecule has 0 bridgehead atoms. The van der Waals surface area contributed by atoms with Gasteiger partial charge in [0.15, 0.2) is 0 Å². The van der Waals surface area contributed by atoms with Crippen LogP contribution in [-0.4, -0.2) is 35.0 Å². The van der Waals surface area contributed by atoms with E-state index in [9.17, 15) is 4.79 Å². The van der Waals surface area contributed by atoms with E-state index in [-0.39, 0.29) is 12.0 Å². The summed E-state index contributed by atoms with van der Waals surface area (Å²) in [6.07, 6.45) is 3.45. The van der Waals surface area contributed by atoms with Crippen LogP contribution in [0.4, 0.5) is 5.69 Å². The molecule has 92 valence electrons. The van der Waals surface area contributed by atoms with Crippen molar-refractivity contribution in [2.75, 3.05) is 18.8 Å². The summed E-state index contributed by atoms with van der Waals surface area (Å²) in [5, 5.41) is 0. The topological polar surface area (TPSA) is 68.5 Å². The van der Waals surface area contributed by atoms with E-state index in [0.29, 0.717) is 11.6 Å². The normalized spacial score (nSPS) is 16.9. The fourth-order valence-electron chi connectivity index (χ4n) is 1.95. The number of anilines is 1. The molecule has 0 saturated carbocycles. The zero-order valence-corrected chi connectivity index (χ0v) is 9.93. The molecular formula is C12H17N3O2. The van der Waals surface area contributed by atoms with Gasteiger partial charge in [-0.15, -0.1) is 0 Å². The lowest BCUT2D eigenvalue weighted by atomic mass is 10.1. The maximum absolute atomic E-state index is 11.2. The van der Waals surface area contributed by atoms with Crippen LogP contribution in [0.15, 0.2) is 18.3 Å². The SMILES string of the molecule is CC(=O)N1CCC(Oc2cc(N)ccn2)CC1. The van der Waals surface area contributed by atoms with Crippen LogP contribution in [-0.2, 0) is 4.79 Å². The Morgan fingerprint density at radius 3 is 2.82 bits per heavy atom. The second kappa shape index (κ2) is 5.03. The summed E-state index contributed by atoms with van der Waals surface area (Å²) in [6, 6.07) is 3.45. The van der Waals surface area contributed by atoms with E-state index in [2.05, 4.69) is 4.98 Å². The maximum atomic E-state index is 11.2. The smallest absolute Gasteiger partial charge is 0.219 e. The van der Waals surface area contributed by atoms with Gasteiger partial charge in [-0.05, 0) is 6.07 Å². The summed E-state index contributed by atoms with van der Waals surface area (Å²) in [5.41, 5.74) is 6.30. The predicted octanol–water partition coefficient (Wildman–Crippen LogP) is 1.05. The Balaban J connectivity index is 1.88. The average Bonchev–Trinajstić information content (AvgIpc) is 2.29. The second-order valence-corrected chi connectivity index (χ2v) is 4.25. The van der Waals surface area contributed by atoms with Crippen molar-refractivity contribution in [3.8, 4) is 5.88 Å². The van der Waals surface area contributed by atoms with Crippen molar-refractivity contribution in [1.82, 2.24) is 9.88 Å². The highest BCUT2D eigenvalue weighted by atomic mass is 16.5. The predicted molar refractivity (Wildman–Crippen MR) is 64.6 cm³/mol. The van der Waals surface area contributed by atoms with Crippen molar-refractivity contribution >= 4 is 11.6 Å². The summed E-state index contributed by atoms with van der Waals surface area (Å²) >= 11 is 0. The number of nitrogens with two attached hydrogens (primary N) is 1. The van der Waals surface area contributed by atoms with Crippen LogP contribution in [0.2, 0.25) is 0 Å². The number of pyridine rings is 1. The Hall–Kier alpha value is -1.78. The molecule has 1 aliphatic rings. The van der Waals surface area contributed by atoms with Gasteiger partial charge in [-0.3, -0.25) is 4.79 Å². The number of piperidine rings is 1. The standard InChI is InChI=1S/C12H17N3O2/c1-9(16)15-6-3-11(4-7-15)17-12-8-10(13)2-5-14-12/h2,5,8,11H,3-4,6-7H2,1H3,(H2,13,14). The van der Waals surface area contributed by atoms with Crippen LogP contribution < -0.4 is 10.5 Å². The van der Waals surface area contributed by atoms with Crippen molar-refractivity contribution in [1.29, 1.82) is 0 Å². The first-order chi connectivity index (χ1) is 8.15. The lowest BCUT2D eigenvalue weighted by Gasteiger charge is -2.31. The monoisotopic (exact) mass is 235 g/mol. The molecule has 5 nitrogen and oxygen atoms in total. The van der Waals surface area contributed by atoms with Gasteiger partial charge < -0.3 is 15.4 Å². The van der Waals surface area contributed by atoms with Crippen LogP contribution in [0.25, 0.3) is 0 Å². The molecular weight excluding hydrogens is 218 g/mol. The van der Waals surface area contributed by atoms with Gasteiger partial charge in [0.05, 0.1) is 0 Å². The first-order valence-electron chi connectivity index (χ1n) is 5.79. The number of nitrogens with zero attached hydrogens (tertiary/aromatic N) is 2. The third-order valence-corrected chi connectivity index (χ3v) is 2.93. The minimum Gasteiger partial charge on any atom is -0.474 e. The molecule has 0 radical (unpaired) electrons. The molecule has 1 aliphatic heterocycles. The number of carbonyl (C=O) groups excluding carboxylic acids is 1. The van der Waals surface area contributed by atoms with E-state index in [1.165, 1.54) is 0 Å². The zero-order valence-electron chi connectivity index (χ0n) is 9.93. The van der Waals surface area contributed by atoms with Crippen LogP contribution in [0.3, 0.4) is 0 Å². The Bertz CT molecular complexity index is 400. The number of hydrogen-bond acceptors (Lipinski definition) is 4. The Morgan fingerprint density at radius 2 is 2.24 bits per heavy atom. The molecule has 0 unspecified atom stereocenters. The van der Waals surface area contributed by atoms with Gasteiger partial charge in [-0.2, -0.15) is 0 Å². The van der Waals surface area contributed by atoms with Crippen LogP contribution >= 0.6 is 0 Å². The fraction of sp³-hybridized carbons (Fsp3) is 0.500. The highest BCUT2D eigenvalue weighted by molar-refractivity contribution is 5.73. The zero-order chi connectivity index (χ0) is 12.3. The van der Waals surface area contributed by atoms with Crippen molar-refractivity contribution in [2.45, 2.75) is 25.9 Å². The fourth-order valence-corrected chi connectivity index (χ4v) is 1.95. The van der Waals surface area contributed by atoms with Gasteiger partial charge in [0.25, 0.3) is 0 Å². The number of hydrogen-bond donors (Lipinski definition) is 1.